The molecule has 1 aliphatic carbocycles. The van der Waals surface area contributed by atoms with E-state index in [-0.39, 0.29) is 18.2 Å². The van der Waals surface area contributed by atoms with Crippen molar-refractivity contribution in [2.24, 2.45) is 5.73 Å². The van der Waals surface area contributed by atoms with Gasteiger partial charge in [0, 0.05) is 12.5 Å². The smallest absolute Gasteiger partial charge is 0.406 e. The van der Waals surface area contributed by atoms with Crippen LogP contribution in [-0.4, -0.2) is 23.6 Å². The van der Waals surface area contributed by atoms with Crippen molar-refractivity contribution in [3.8, 4) is 5.75 Å². The number of aliphatic hydroxyl groups is 1. The highest BCUT2D eigenvalue weighted by atomic mass is 19.4. The number of hydrogen-bond donors (Lipinski definition) is 2. The van der Waals surface area contributed by atoms with Crippen molar-refractivity contribution in [2.75, 3.05) is 6.54 Å². The number of ether oxygens (including phenoxy) is 1. The van der Waals surface area contributed by atoms with Crippen LogP contribution in [-0.2, 0) is 0 Å². The van der Waals surface area contributed by atoms with Crippen LogP contribution in [0.1, 0.15) is 43.6 Å². The van der Waals surface area contributed by atoms with Crippen LogP contribution in [0.15, 0.2) is 24.3 Å². The maximum absolute atomic E-state index is 12.1. The van der Waals surface area contributed by atoms with Gasteiger partial charge < -0.3 is 15.6 Å². The van der Waals surface area contributed by atoms with E-state index in [9.17, 15) is 18.3 Å². The molecule has 0 saturated heterocycles. The van der Waals surface area contributed by atoms with E-state index < -0.39 is 12.0 Å². The molecular weight excluding hydrogens is 283 g/mol. The number of hydrogen-bond acceptors (Lipinski definition) is 3. The molecule has 3 N–H and O–H groups in total. The van der Waals surface area contributed by atoms with Crippen LogP contribution >= 0.6 is 0 Å². The summed E-state index contributed by atoms with van der Waals surface area (Å²) in [5.74, 6) is -0.532. The summed E-state index contributed by atoms with van der Waals surface area (Å²) in [5.41, 5.74) is 5.67. The Morgan fingerprint density at radius 1 is 1.14 bits per heavy atom. The van der Waals surface area contributed by atoms with E-state index in [0.717, 1.165) is 24.8 Å². The minimum absolute atomic E-state index is 0.260. The number of rotatable bonds is 4. The van der Waals surface area contributed by atoms with E-state index in [4.69, 9.17) is 5.73 Å². The molecule has 0 aliphatic heterocycles. The topological polar surface area (TPSA) is 55.5 Å². The predicted octanol–water partition coefficient (Wildman–Crippen LogP) is 3.32. The SMILES string of the molecule is NCC(c1ccc(OC(F)(F)F)cc1)C1(O)CCCCC1. The normalized spacial score (nSPS) is 20.0. The first-order chi connectivity index (χ1) is 9.84. The van der Waals surface area contributed by atoms with Gasteiger partial charge in [-0.3, -0.25) is 0 Å². The molecule has 0 heterocycles. The van der Waals surface area contributed by atoms with E-state index in [0.29, 0.717) is 12.8 Å². The molecule has 1 aromatic carbocycles. The fourth-order valence-corrected chi connectivity index (χ4v) is 3.08. The molecule has 0 bridgehead atoms. The van der Waals surface area contributed by atoms with Gasteiger partial charge in [0.25, 0.3) is 0 Å². The van der Waals surface area contributed by atoms with Gasteiger partial charge in [-0.05, 0) is 30.5 Å². The van der Waals surface area contributed by atoms with Gasteiger partial charge in [-0.1, -0.05) is 31.4 Å². The van der Waals surface area contributed by atoms with E-state index in [1.165, 1.54) is 12.1 Å². The summed E-state index contributed by atoms with van der Waals surface area (Å²) in [5, 5.41) is 10.7. The quantitative estimate of drug-likeness (QED) is 0.897. The molecule has 1 saturated carbocycles. The lowest BCUT2D eigenvalue weighted by Gasteiger charge is -2.39. The highest BCUT2D eigenvalue weighted by Gasteiger charge is 2.38. The van der Waals surface area contributed by atoms with Crippen LogP contribution in [0.4, 0.5) is 13.2 Å². The van der Waals surface area contributed by atoms with Crippen LogP contribution < -0.4 is 10.5 Å². The molecule has 1 atom stereocenters. The fourth-order valence-electron chi connectivity index (χ4n) is 3.08. The van der Waals surface area contributed by atoms with Gasteiger partial charge in [0.1, 0.15) is 5.75 Å². The number of halogens is 3. The van der Waals surface area contributed by atoms with Gasteiger partial charge in [-0.25, -0.2) is 0 Å². The van der Waals surface area contributed by atoms with E-state index in [2.05, 4.69) is 4.74 Å². The summed E-state index contributed by atoms with van der Waals surface area (Å²) in [6.45, 7) is 0.260. The first kappa shape index (κ1) is 16.1. The average Bonchev–Trinajstić information content (AvgIpc) is 2.40. The first-order valence-corrected chi connectivity index (χ1v) is 7.12. The van der Waals surface area contributed by atoms with Crippen molar-refractivity contribution in [3.63, 3.8) is 0 Å². The summed E-state index contributed by atoms with van der Waals surface area (Å²) in [7, 11) is 0. The zero-order valence-electron chi connectivity index (χ0n) is 11.7. The van der Waals surface area contributed by atoms with Gasteiger partial charge in [0.2, 0.25) is 0 Å². The maximum atomic E-state index is 12.1. The molecule has 1 fully saturated rings. The standard InChI is InChI=1S/C15H20F3NO2/c16-15(17,18)21-12-6-4-11(5-7-12)13(10-19)14(20)8-2-1-3-9-14/h4-7,13,20H,1-3,8-10,19H2. The molecule has 3 nitrogen and oxygen atoms in total. The second-order valence-corrected chi connectivity index (χ2v) is 5.57. The van der Waals surface area contributed by atoms with Crippen molar-refractivity contribution in [3.05, 3.63) is 29.8 Å². The summed E-state index contributed by atoms with van der Waals surface area (Å²) >= 11 is 0. The molecule has 118 valence electrons. The van der Waals surface area contributed by atoms with Crippen molar-refractivity contribution >= 4 is 0 Å². The van der Waals surface area contributed by atoms with Crippen molar-refractivity contribution in [1.82, 2.24) is 0 Å². The molecule has 1 unspecified atom stereocenters. The zero-order valence-corrected chi connectivity index (χ0v) is 11.7. The molecule has 2 rings (SSSR count). The van der Waals surface area contributed by atoms with Crippen LogP contribution in [0.5, 0.6) is 5.75 Å². The molecular formula is C15H20F3NO2. The van der Waals surface area contributed by atoms with Gasteiger partial charge in [0.15, 0.2) is 0 Å². The molecule has 1 aliphatic rings. The monoisotopic (exact) mass is 303 g/mol. The largest absolute Gasteiger partial charge is 0.573 e. The summed E-state index contributed by atoms with van der Waals surface area (Å²) in [4.78, 5) is 0. The first-order valence-electron chi connectivity index (χ1n) is 7.12. The van der Waals surface area contributed by atoms with Crippen LogP contribution in [0.3, 0.4) is 0 Å². The number of nitrogens with two attached hydrogens (primary N) is 1. The second kappa shape index (κ2) is 6.23. The van der Waals surface area contributed by atoms with Gasteiger partial charge >= 0.3 is 6.36 Å². The second-order valence-electron chi connectivity index (χ2n) is 5.57. The Morgan fingerprint density at radius 3 is 2.19 bits per heavy atom. The van der Waals surface area contributed by atoms with Crippen LogP contribution in [0, 0.1) is 0 Å². The van der Waals surface area contributed by atoms with Crippen molar-refractivity contribution in [2.45, 2.75) is 50.0 Å². The van der Waals surface area contributed by atoms with E-state index in [1.54, 1.807) is 12.1 Å². The lowest BCUT2D eigenvalue weighted by Crippen LogP contribution is -2.41. The third-order valence-electron chi connectivity index (χ3n) is 4.12. The molecule has 0 amide bonds. The average molecular weight is 303 g/mol. The Labute approximate surface area is 121 Å². The highest BCUT2D eigenvalue weighted by molar-refractivity contribution is 5.31. The van der Waals surface area contributed by atoms with Gasteiger partial charge in [0.05, 0.1) is 5.60 Å². The summed E-state index contributed by atoms with van der Waals surface area (Å²) in [6.07, 6.45) is -0.357. The van der Waals surface area contributed by atoms with Crippen molar-refractivity contribution in [1.29, 1.82) is 0 Å². The molecule has 1 aromatic rings. The molecule has 0 radical (unpaired) electrons. The third-order valence-corrected chi connectivity index (χ3v) is 4.12. The summed E-state index contributed by atoms with van der Waals surface area (Å²) < 4.78 is 40.3. The predicted molar refractivity (Wildman–Crippen MR) is 73.0 cm³/mol. The van der Waals surface area contributed by atoms with E-state index in [1.807, 2.05) is 0 Å². The zero-order chi connectivity index (χ0) is 15.5. The molecule has 21 heavy (non-hydrogen) atoms. The van der Waals surface area contributed by atoms with Crippen molar-refractivity contribution < 1.29 is 23.0 Å². The Bertz CT molecular complexity index is 453. The minimum atomic E-state index is -4.70. The van der Waals surface area contributed by atoms with Crippen LogP contribution in [0.25, 0.3) is 0 Å². The van der Waals surface area contributed by atoms with Gasteiger partial charge in [-0.2, -0.15) is 0 Å². The molecule has 0 aromatic heterocycles. The molecule has 0 spiro atoms. The third kappa shape index (κ3) is 4.11. The minimum Gasteiger partial charge on any atom is -0.406 e. The lowest BCUT2D eigenvalue weighted by atomic mass is 9.73. The Morgan fingerprint density at radius 2 is 1.71 bits per heavy atom. The maximum Gasteiger partial charge on any atom is 0.573 e. The fraction of sp³-hybridized carbons (Fsp3) is 0.600. The Hall–Kier alpha value is -1.27. The summed E-state index contributed by atoms with van der Waals surface area (Å²) in [6, 6.07) is 5.62. The number of benzene rings is 1. The van der Waals surface area contributed by atoms with E-state index >= 15 is 0 Å². The van der Waals surface area contributed by atoms with Gasteiger partial charge in [-0.15, -0.1) is 13.2 Å². The Kier molecular flexibility index (Phi) is 4.78. The number of alkyl halides is 3. The molecule has 6 heteroatoms. The lowest BCUT2D eigenvalue weighted by molar-refractivity contribution is -0.274. The van der Waals surface area contributed by atoms with Crippen LogP contribution in [0.2, 0.25) is 0 Å². The Balaban J connectivity index is 2.15. The highest BCUT2D eigenvalue weighted by Crippen LogP contribution is 2.39.